The molecule has 150 valence electrons. The number of amides is 3. The van der Waals surface area contributed by atoms with Gasteiger partial charge >= 0.3 is 0 Å². The van der Waals surface area contributed by atoms with Gasteiger partial charge in [-0.1, -0.05) is 38.1 Å². The summed E-state index contributed by atoms with van der Waals surface area (Å²) < 4.78 is 13.3. The summed E-state index contributed by atoms with van der Waals surface area (Å²) in [5, 5.41) is 2.83. The monoisotopic (exact) mass is 386 g/mol. The van der Waals surface area contributed by atoms with Gasteiger partial charge in [-0.2, -0.15) is 0 Å². The molecule has 5 nitrogen and oxygen atoms in total. The number of rotatable bonds is 7. The molecule has 3 rings (SSSR count). The van der Waals surface area contributed by atoms with E-state index in [-0.39, 0.29) is 41.3 Å². The highest BCUT2D eigenvalue weighted by Crippen LogP contribution is 2.37. The maximum Gasteiger partial charge on any atom is 0.243 e. The lowest BCUT2D eigenvalue weighted by Gasteiger charge is -2.27. The molecule has 0 bridgehead atoms. The summed E-state index contributed by atoms with van der Waals surface area (Å²) in [6.07, 6.45) is 5.90. The maximum atomic E-state index is 13.3. The molecular formula is C22H27FN2O3. The molecule has 1 N–H and O–H groups in total. The van der Waals surface area contributed by atoms with Crippen LogP contribution in [0.1, 0.15) is 38.7 Å². The van der Waals surface area contributed by atoms with Crippen LogP contribution >= 0.6 is 0 Å². The standard InChI is InChI=1S/C22H27FN2O3/c1-14(2)12-19(20(26)24-11-10-15-6-5-7-16(23)13-15)25-21(27)17-8-3-4-9-18(17)22(25)28/h3-7,13-14,17-19H,8-12H2,1-2H3,(H,24,26). The number of allylic oxidation sites excluding steroid dienone is 2. The van der Waals surface area contributed by atoms with Crippen molar-refractivity contribution >= 4 is 17.7 Å². The highest BCUT2D eigenvalue weighted by atomic mass is 19.1. The Morgan fingerprint density at radius 2 is 1.82 bits per heavy atom. The Bertz CT molecular complexity index is 764. The number of halogens is 1. The highest BCUT2D eigenvalue weighted by molar-refractivity contribution is 6.08. The number of fused-ring (bicyclic) bond motifs is 1. The van der Waals surface area contributed by atoms with Gasteiger partial charge in [-0.3, -0.25) is 19.3 Å². The third-order valence-corrected chi connectivity index (χ3v) is 5.45. The number of imide groups is 1. The second-order valence-electron chi connectivity index (χ2n) is 8.02. The highest BCUT2D eigenvalue weighted by Gasteiger charge is 2.51. The molecule has 1 aliphatic carbocycles. The minimum absolute atomic E-state index is 0.153. The van der Waals surface area contributed by atoms with E-state index in [4.69, 9.17) is 0 Å². The molecule has 3 unspecified atom stereocenters. The number of carbonyl (C=O) groups is 3. The summed E-state index contributed by atoms with van der Waals surface area (Å²) in [6.45, 7) is 4.25. The van der Waals surface area contributed by atoms with E-state index < -0.39 is 6.04 Å². The molecule has 2 aliphatic rings. The number of hydrogen-bond donors (Lipinski definition) is 1. The molecule has 3 amide bonds. The molecule has 1 aromatic rings. The summed E-state index contributed by atoms with van der Waals surface area (Å²) >= 11 is 0. The van der Waals surface area contributed by atoms with Gasteiger partial charge in [0.05, 0.1) is 11.8 Å². The molecule has 1 saturated heterocycles. The van der Waals surface area contributed by atoms with E-state index >= 15 is 0 Å². The Morgan fingerprint density at radius 1 is 1.18 bits per heavy atom. The van der Waals surface area contributed by atoms with Crippen molar-refractivity contribution in [3.05, 3.63) is 47.8 Å². The molecule has 3 atom stereocenters. The number of hydrogen-bond acceptors (Lipinski definition) is 3. The van der Waals surface area contributed by atoms with Crippen molar-refractivity contribution in [3.63, 3.8) is 0 Å². The zero-order valence-electron chi connectivity index (χ0n) is 16.4. The summed E-state index contributed by atoms with van der Waals surface area (Å²) in [5.74, 6) is -1.63. The second-order valence-corrected chi connectivity index (χ2v) is 8.02. The predicted molar refractivity (Wildman–Crippen MR) is 104 cm³/mol. The zero-order chi connectivity index (χ0) is 20.3. The van der Waals surface area contributed by atoms with Crippen molar-refractivity contribution < 1.29 is 18.8 Å². The second kappa shape index (κ2) is 8.67. The molecule has 0 aromatic heterocycles. The predicted octanol–water partition coefficient (Wildman–Crippen LogP) is 2.85. The summed E-state index contributed by atoms with van der Waals surface area (Å²) in [5.41, 5.74) is 0.783. The molecule has 6 heteroatoms. The normalized spacial score (nSPS) is 22.5. The fraction of sp³-hybridized carbons (Fsp3) is 0.500. The van der Waals surface area contributed by atoms with Crippen LogP contribution < -0.4 is 5.32 Å². The molecule has 28 heavy (non-hydrogen) atoms. The lowest BCUT2D eigenvalue weighted by Crippen LogP contribution is -2.51. The first-order valence-corrected chi connectivity index (χ1v) is 9.92. The van der Waals surface area contributed by atoms with Crippen LogP contribution in [0, 0.1) is 23.6 Å². The lowest BCUT2D eigenvalue weighted by atomic mass is 9.85. The van der Waals surface area contributed by atoms with Crippen molar-refractivity contribution in [2.24, 2.45) is 17.8 Å². The SMILES string of the molecule is CC(C)CC(C(=O)NCCc1cccc(F)c1)N1C(=O)C2CC=CCC2C1=O. The number of likely N-dealkylation sites (tertiary alicyclic amines) is 1. The van der Waals surface area contributed by atoms with Gasteiger partial charge in [0, 0.05) is 6.54 Å². The van der Waals surface area contributed by atoms with Gasteiger partial charge in [-0.15, -0.1) is 0 Å². The van der Waals surface area contributed by atoms with Gasteiger partial charge in [-0.05, 0) is 49.3 Å². The third kappa shape index (κ3) is 4.32. The van der Waals surface area contributed by atoms with Gasteiger partial charge in [0.25, 0.3) is 0 Å². The van der Waals surface area contributed by atoms with Crippen molar-refractivity contribution in [2.75, 3.05) is 6.54 Å². The average molecular weight is 386 g/mol. The van der Waals surface area contributed by atoms with Crippen molar-refractivity contribution in [2.45, 2.75) is 45.6 Å². The van der Waals surface area contributed by atoms with E-state index in [2.05, 4.69) is 5.32 Å². The van der Waals surface area contributed by atoms with Crippen LogP contribution in [0.4, 0.5) is 4.39 Å². The Balaban J connectivity index is 1.68. The van der Waals surface area contributed by atoms with Gasteiger partial charge < -0.3 is 5.32 Å². The van der Waals surface area contributed by atoms with E-state index in [0.29, 0.717) is 32.2 Å². The van der Waals surface area contributed by atoms with Gasteiger partial charge in [0.15, 0.2) is 0 Å². The van der Waals surface area contributed by atoms with Crippen LogP contribution in [0.3, 0.4) is 0 Å². The molecule has 0 spiro atoms. The fourth-order valence-electron chi connectivity index (χ4n) is 4.05. The van der Waals surface area contributed by atoms with E-state index in [9.17, 15) is 18.8 Å². The zero-order valence-corrected chi connectivity index (χ0v) is 16.4. The number of nitrogens with one attached hydrogen (secondary N) is 1. The van der Waals surface area contributed by atoms with E-state index in [1.807, 2.05) is 26.0 Å². The van der Waals surface area contributed by atoms with Gasteiger partial charge in [0.1, 0.15) is 11.9 Å². The van der Waals surface area contributed by atoms with E-state index in [1.165, 1.54) is 17.0 Å². The third-order valence-electron chi connectivity index (χ3n) is 5.45. The summed E-state index contributed by atoms with van der Waals surface area (Å²) in [4.78, 5) is 39.8. The van der Waals surface area contributed by atoms with Crippen LogP contribution in [-0.4, -0.2) is 35.2 Å². The number of benzene rings is 1. The largest absolute Gasteiger partial charge is 0.354 e. The lowest BCUT2D eigenvalue weighted by molar-refractivity contribution is -0.148. The summed E-state index contributed by atoms with van der Waals surface area (Å²) in [7, 11) is 0. The molecule has 0 saturated carbocycles. The first-order chi connectivity index (χ1) is 13.4. The molecule has 1 aliphatic heterocycles. The fourth-order valence-corrected chi connectivity index (χ4v) is 4.05. The Morgan fingerprint density at radius 3 is 2.39 bits per heavy atom. The quantitative estimate of drug-likeness (QED) is 0.579. The molecule has 1 heterocycles. The van der Waals surface area contributed by atoms with Crippen LogP contribution in [0.15, 0.2) is 36.4 Å². The minimum atomic E-state index is -0.793. The smallest absolute Gasteiger partial charge is 0.243 e. The van der Waals surface area contributed by atoms with Crippen molar-refractivity contribution in [3.8, 4) is 0 Å². The number of carbonyl (C=O) groups excluding carboxylic acids is 3. The molecule has 1 aromatic carbocycles. The Hall–Kier alpha value is -2.50. The van der Waals surface area contributed by atoms with Crippen LogP contribution in [0.2, 0.25) is 0 Å². The van der Waals surface area contributed by atoms with E-state index in [1.54, 1.807) is 12.1 Å². The first kappa shape index (κ1) is 20.2. The first-order valence-electron chi connectivity index (χ1n) is 9.92. The Labute approximate surface area is 165 Å². The van der Waals surface area contributed by atoms with Crippen LogP contribution in [0.5, 0.6) is 0 Å². The van der Waals surface area contributed by atoms with Crippen molar-refractivity contribution in [1.29, 1.82) is 0 Å². The van der Waals surface area contributed by atoms with Crippen LogP contribution in [-0.2, 0) is 20.8 Å². The van der Waals surface area contributed by atoms with Crippen molar-refractivity contribution in [1.82, 2.24) is 10.2 Å². The van der Waals surface area contributed by atoms with Gasteiger partial charge in [0.2, 0.25) is 17.7 Å². The molecule has 1 fully saturated rings. The van der Waals surface area contributed by atoms with Gasteiger partial charge in [-0.25, -0.2) is 4.39 Å². The Kier molecular flexibility index (Phi) is 6.27. The average Bonchev–Trinajstić information content (AvgIpc) is 2.91. The molecular weight excluding hydrogens is 359 g/mol. The maximum absolute atomic E-state index is 13.3. The molecule has 0 radical (unpaired) electrons. The van der Waals surface area contributed by atoms with E-state index in [0.717, 1.165) is 5.56 Å². The minimum Gasteiger partial charge on any atom is -0.354 e. The number of nitrogens with zero attached hydrogens (tertiary/aromatic N) is 1. The van der Waals surface area contributed by atoms with Crippen LogP contribution in [0.25, 0.3) is 0 Å². The topological polar surface area (TPSA) is 66.5 Å². The summed E-state index contributed by atoms with van der Waals surface area (Å²) in [6, 6.07) is 5.44.